The standard InChI is InChI=1S/C9H4BrF3O3/c10-4-1-2-6-5(3-4)7(14)16-8(6,15)9(11,12)13/h1-3,15H/t8-/m0/s1. The van der Waals surface area contributed by atoms with Gasteiger partial charge >= 0.3 is 17.9 Å². The summed E-state index contributed by atoms with van der Waals surface area (Å²) in [6.07, 6.45) is -5.07. The van der Waals surface area contributed by atoms with Crippen LogP contribution in [0.25, 0.3) is 0 Å². The number of carbonyl (C=O) groups excluding carboxylic acids is 1. The van der Waals surface area contributed by atoms with E-state index in [1.165, 1.54) is 12.1 Å². The number of ether oxygens (including phenoxy) is 1. The molecule has 0 radical (unpaired) electrons. The molecule has 1 atom stereocenters. The van der Waals surface area contributed by atoms with Gasteiger partial charge in [-0.3, -0.25) is 0 Å². The number of aliphatic hydroxyl groups is 1. The van der Waals surface area contributed by atoms with Crippen molar-refractivity contribution in [3.63, 3.8) is 0 Å². The van der Waals surface area contributed by atoms with Gasteiger partial charge in [0.05, 0.1) is 5.56 Å². The molecular formula is C9H4BrF3O3. The van der Waals surface area contributed by atoms with Crippen LogP contribution in [0.3, 0.4) is 0 Å². The minimum absolute atomic E-state index is 0.297. The zero-order valence-corrected chi connectivity index (χ0v) is 9.09. The number of esters is 1. The molecule has 1 aromatic rings. The monoisotopic (exact) mass is 296 g/mol. The molecule has 3 nitrogen and oxygen atoms in total. The van der Waals surface area contributed by atoms with E-state index in [0.29, 0.717) is 4.47 Å². The second-order valence-corrected chi connectivity index (χ2v) is 4.14. The van der Waals surface area contributed by atoms with Crippen molar-refractivity contribution in [1.29, 1.82) is 0 Å². The van der Waals surface area contributed by atoms with E-state index in [0.717, 1.165) is 6.07 Å². The Bertz CT molecular complexity index is 472. The number of rotatable bonds is 0. The SMILES string of the molecule is O=C1O[C@](O)(C(F)(F)F)c2ccc(Br)cc21. The summed E-state index contributed by atoms with van der Waals surface area (Å²) in [7, 11) is 0. The van der Waals surface area contributed by atoms with E-state index in [2.05, 4.69) is 20.7 Å². The maximum absolute atomic E-state index is 12.6. The molecule has 0 saturated carbocycles. The highest BCUT2D eigenvalue weighted by Gasteiger charge is 2.63. The molecule has 1 N–H and O–H groups in total. The Morgan fingerprint density at radius 1 is 1.38 bits per heavy atom. The van der Waals surface area contributed by atoms with Gasteiger partial charge in [-0.05, 0) is 12.1 Å². The molecule has 1 aliphatic heterocycles. The Morgan fingerprint density at radius 3 is 2.56 bits per heavy atom. The summed E-state index contributed by atoms with van der Waals surface area (Å²) < 4.78 is 42.1. The lowest BCUT2D eigenvalue weighted by Gasteiger charge is -2.24. The smallest absolute Gasteiger partial charge is 0.415 e. The first kappa shape index (κ1) is 11.4. The minimum Gasteiger partial charge on any atom is -0.415 e. The number of alkyl halides is 3. The molecule has 0 aliphatic carbocycles. The second kappa shape index (κ2) is 3.21. The number of halogens is 4. The highest BCUT2D eigenvalue weighted by atomic mass is 79.9. The first-order valence-electron chi connectivity index (χ1n) is 4.08. The van der Waals surface area contributed by atoms with Crippen molar-refractivity contribution in [1.82, 2.24) is 0 Å². The molecular weight excluding hydrogens is 293 g/mol. The van der Waals surface area contributed by atoms with Crippen LogP contribution in [0.1, 0.15) is 15.9 Å². The quantitative estimate of drug-likeness (QED) is 0.748. The Kier molecular flexibility index (Phi) is 2.29. The summed E-state index contributed by atoms with van der Waals surface area (Å²) in [4.78, 5) is 11.2. The lowest BCUT2D eigenvalue weighted by Crippen LogP contribution is -2.42. The molecule has 0 saturated heterocycles. The van der Waals surface area contributed by atoms with Crippen molar-refractivity contribution in [2.75, 3.05) is 0 Å². The summed E-state index contributed by atoms with van der Waals surface area (Å²) in [6.45, 7) is 0. The zero-order chi connectivity index (χ0) is 12.1. The van der Waals surface area contributed by atoms with Gasteiger partial charge in [-0.25, -0.2) is 4.79 Å². The molecule has 7 heteroatoms. The van der Waals surface area contributed by atoms with Crippen LogP contribution in [-0.4, -0.2) is 17.3 Å². The largest absolute Gasteiger partial charge is 0.460 e. The number of hydrogen-bond acceptors (Lipinski definition) is 3. The fourth-order valence-electron chi connectivity index (χ4n) is 1.44. The topological polar surface area (TPSA) is 46.5 Å². The number of fused-ring (bicyclic) bond motifs is 1. The van der Waals surface area contributed by atoms with E-state index < -0.39 is 23.5 Å². The Hall–Kier alpha value is -1.08. The lowest BCUT2D eigenvalue weighted by atomic mass is 10.0. The molecule has 0 fully saturated rings. The highest BCUT2D eigenvalue weighted by molar-refractivity contribution is 9.10. The van der Waals surface area contributed by atoms with E-state index >= 15 is 0 Å². The number of cyclic esters (lactones) is 1. The summed E-state index contributed by atoms with van der Waals surface area (Å²) in [6, 6.07) is 3.46. The predicted molar refractivity (Wildman–Crippen MR) is 49.5 cm³/mol. The average Bonchev–Trinajstić information content (AvgIpc) is 2.39. The van der Waals surface area contributed by atoms with E-state index in [9.17, 15) is 23.1 Å². The van der Waals surface area contributed by atoms with Gasteiger partial charge in [0.1, 0.15) is 0 Å². The van der Waals surface area contributed by atoms with Crippen LogP contribution >= 0.6 is 15.9 Å². The third-order valence-electron chi connectivity index (χ3n) is 2.19. The third-order valence-corrected chi connectivity index (χ3v) is 2.68. The van der Waals surface area contributed by atoms with Crippen molar-refractivity contribution in [2.24, 2.45) is 0 Å². The maximum atomic E-state index is 12.6. The Balaban J connectivity index is 2.64. The average molecular weight is 297 g/mol. The summed E-state index contributed by atoms with van der Waals surface area (Å²) in [5.41, 5.74) is -0.887. The fraction of sp³-hybridized carbons (Fsp3) is 0.222. The van der Waals surface area contributed by atoms with Gasteiger partial charge in [-0.1, -0.05) is 22.0 Å². The van der Waals surface area contributed by atoms with Crippen LogP contribution in [-0.2, 0) is 10.5 Å². The van der Waals surface area contributed by atoms with Gasteiger partial charge < -0.3 is 9.84 Å². The molecule has 0 aromatic heterocycles. The Morgan fingerprint density at radius 2 is 2.00 bits per heavy atom. The summed E-state index contributed by atoms with van der Waals surface area (Å²) >= 11 is 3.01. The van der Waals surface area contributed by atoms with Crippen LogP contribution in [0.2, 0.25) is 0 Å². The molecule has 0 spiro atoms. The molecule has 1 aromatic carbocycles. The second-order valence-electron chi connectivity index (χ2n) is 3.22. The molecule has 1 aliphatic rings. The van der Waals surface area contributed by atoms with Gasteiger partial charge in [0.25, 0.3) is 0 Å². The first-order chi connectivity index (χ1) is 7.25. The zero-order valence-electron chi connectivity index (χ0n) is 7.51. The maximum Gasteiger partial charge on any atom is 0.460 e. The lowest BCUT2D eigenvalue weighted by molar-refractivity contribution is -0.349. The molecule has 16 heavy (non-hydrogen) atoms. The van der Waals surface area contributed by atoms with Gasteiger partial charge in [0, 0.05) is 10.0 Å². The Labute approximate surface area is 96.0 Å². The summed E-state index contributed by atoms with van der Waals surface area (Å²) in [5, 5.41) is 9.36. The molecule has 0 amide bonds. The van der Waals surface area contributed by atoms with E-state index in [4.69, 9.17) is 0 Å². The number of benzene rings is 1. The predicted octanol–water partition coefficient (Wildman–Crippen LogP) is 2.33. The van der Waals surface area contributed by atoms with Gasteiger partial charge in [-0.2, -0.15) is 13.2 Å². The minimum atomic E-state index is -5.07. The van der Waals surface area contributed by atoms with Crippen molar-refractivity contribution in [2.45, 2.75) is 12.0 Å². The summed E-state index contributed by atoms with van der Waals surface area (Å²) in [5.74, 6) is -4.74. The van der Waals surface area contributed by atoms with Crippen molar-refractivity contribution in [3.8, 4) is 0 Å². The molecule has 0 unspecified atom stereocenters. The van der Waals surface area contributed by atoms with Crippen molar-refractivity contribution < 1.29 is 27.8 Å². The van der Waals surface area contributed by atoms with Gasteiger partial charge in [0.2, 0.25) is 0 Å². The van der Waals surface area contributed by atoms with Crippen LogP contribution in [0.4, 0.5) is 13.2 Å². The van der Waals surface area contributed by atoms with Crippen LogP contribution in [0, 0.1) is 0 Å². The van der Waals surface area contributed by atoms with Crippen LogP contribution in [0.15, 0.2) is 22.7 Å². The van der Waals surface area contributed by atoms with Crippen molar-refractivity contribution in [3.05, 3.63) is 33.8 Å². The van der Waals surface area contributed by atoms with E-state index in [1.54, 1.807) is 0 Å². The van der Waals surface area contributed by atoms with Crippen molar-refractivity contribution >= 4 is 21.9 Å². The van der Waals surface area contributed by atoms with Crippen LogP contribution < -0.4 is 0 Å². The normalized spacial score (nSPS) is 24.2. The van der Waals surface area contributed by atoms with Gasteiger partial charge in [0.15, 0.2) is 0 Å². The highest BCUT2D eigenvalue weighted by Crippen LogP contribution is 2.46. The molecule has 86 valence electrons. The van der Waals surface area contributed by atoms with Gasteiger partial charge in [-0.15, -0.1) is 0 Å². The van der Waals surface area contributed by atoms with E-state index in [-0.39, 0.29) is 5.56 Å². The van der Waals surface area contributed by atoms with E-state index in [1.807, 2.05) is 0 Å². The van der Waals surface area contributed by atoms with Crippen LogP contribution in [0.5, 0.6) is 0 Å². The molecule has 1 heterocycles. The third kappa shape index (κ3) is 1.42. The first-order valence-corrected chi connectivity index (χ1v) is 4.87. The fourth-order valence-corrected chi connectivity index (χ4v) is 1.80. The molecule has 2 rings (SSSR count). The molecule has 0 bridgehead atoms. The number of carbonyl (C=O) groups is 1. The number of hydrogen-bond donors (Lipinski definition) is 1.